The Morgan fingerprint density at radius 2 is 2.06 bits per heavy atom. The molecule has 4 nitrogen and oxygen atoms in total. The number of fused-ring (bicyclic) bond motifs is 1. The monoisotopic (exact) mass is 231 g/mol. The van der Waals surface area contributed by atoms with Crippen LogP contribution in [0.25, 0.3) is 10.9 Å². The number of carboxylic acid groups (broad SMARTS) is 1. The average Bonchev–Trinajstić information content (AvgIpc) is 2.72. The Bertz CT molecular complexity index is 571. The van der Waals surface area contributed by atoms with Gasteiger partial charge < -0.3 is 10.1 Å². The molecule has 0 fully saturated rings. The first kappa shape index (κ1) is 11.4. The van der Waals surface area contributed by atoms with E-state index in [1.807, 2.05) is 24.3 Å². The average molecular weight is 231 g/mol. The molecule has 0 saturated heterocycles. The van der Waals surface area contributed by atoms with Crippen LogP contribution < -0.4 is 0 Å². The number of para-hydroxylation sites is 1. The van der Waals surface area contributed by atoms with E-state index in [9.17, 15) is 9.59 Å². The summed E-state index contributed by atoms with van der Waals surface area (Å²) in [5.41, 5.74) is 1.45. The summed E-state index contributed by atoms with van der Waals surface area (Å²) in [6.07, 6.45) is 1.67. The third-order valence-corrected chi connectivity index (χ3v) is 2.80. The van der Waals surface area contributed by atoms with Crippen LogP contribution in [0.3, 0.4) is 0 Å². The molecule has 0 saturated carbocycles. The minimum atomic E-state index is -0.946. The van der Waals surface area contributed by atoms with E-state index in [1.54, 1.807) is 6.20 Å². The molecule has 0 amide bonds. The van der Waals surface area contributed by atoms with Crippen LogP contribution in [0.15, 0.2) is 30.5 Å². The van der Waals surface area contributed by atoms with E-state index in [2.05, 4.69) is 4.98 Å². The van der Waals surface area contributed by atoms with Crippen molar-refractivity contribution < 1.29 is 14.7 Å². The van der Waals surface area contributed by atoms with Gasteiger partial charge in [0.2, 0.25) is 0 Å². The number of nitrogens with one attached hydrogen (secondary N) is 1. The van der Waals surface area contributed by atoms with Crippen LogP contribution in [-0.2, 0) is 4.79 Å². The van der Waals surface area contributed by atoms with E-state index in [-0.39, 0.29) is 12.2 Å². The molecule has 1 aromatic carbocycles. The fourth-order valence-corrected chi connectivity index (χ4v) is 1.78. The van der Waals surface area contributed by atoms with Crippen LogP contribution in [0.2, 0.25) is 0 Å². The minimum Gasteiger partial charge on any atom is -0.481 e. The molecule has 2 rings (SSSR count). The predicted octanol–water partition coefficient (Wildman–Crippen LogP) is 2.46. The molecule has 2 N–H and O–H groups in total. The number of hydrogen-bond donors (Lipinski definition) is 2. The summed E-state index contributed by atoms with van der Waals surface area (Å²) in [4.78, 5) is 25.7. The Morgan fingerprint density at radius 3 is 2.76 bits per heavy atom. The maximum absolute atomic E-state index is 12.0. The van der Waals surface area contributed by atoms with Crippen LogP contribution in [0.4, 0.5) is 0 Å². The maximum Gasteiger partial charge on any atom is 0.306 e. The van der Waals surface area contributed by atoms with Crippen LogP contribution in [0.1, 0.15) is 23.7 Å². The largest absolute Gasteiger partial charge is 0.481 e. The van der Waals surface area contributed by atoms with Crippen molar-refractivity contribution in [3.05, 3.63) is 36.0 Å². The lowest BCUT2D eigenvalue weighted by Gasteiger charge is -2.03. The number of aromatic amines is 1. The van der Waals surface area contributed by atoms with Crippen molar-refractivity contribution in [3.63, 3.8) is 0 Å². The van der Waals surface area contributed by atoms with E-state index in [0.717, 1.165) is 10.9 Å². The molecular formula is C13H13NO3. The molecule has 0 aliphatic heterocycles. The highest BCUT2D eigenvalue weighted by molar-refractivity contribution is 6.08. The van der Waals surface area contributed by atoms with Gasteiger partial charge >= 0.3 is 5.97 Å². The summed E-state index contributed by atoms with van der Waals surface area (Å²) in [6.45, 7) is 1.54. The molecular weight excluding hydrogens is 218 g/mol. The van der Waals surface area contributed by atoms with Crippen molar-refractivity contribution in [1.29, 1.82) is 0 Å². The smallest absolute Gasteiger partial charge is 0.306 e. The normalized spacial score (nSPS) is 12.5. The van der Waals surface area contributed by atoms with Crippen LogP contribution in [0, 0.1) is 5.92 Å². The van der Waals surface area contributed by atoms with E-state index in [0.29, 0.717) is 5.56 Å². The van der Waals surface area contributed by atoms with Gasteiger partial charge in [0.1, 0.15) is 0 Å². The lowest BCUT2D eigenvalue weighted by atomic mass is 9.99. The molecule has 0 aliphatic rings. The highest BCUT2D eigenvalue weighted by atomic mass is 16.4. The lowest BCUT2D eigenvalue weighted by Crippen LogP contribution is -2.14. The zero-order valence-corrected chi connectivity index (χ0v) is 9.43. The molecule has 0 bridgehead atoms. The number of hydrogen-bond acceptors (Lipinski definition) is 2. The van der Waals surface area contributed by atoms with Gasteiger partial charge in [-0.05, 0) is 6.07 Å². The summed E-state index contributed by atoms with van der Waals surface area (Å²) in [5.74, 6) is -1.74. The Labute approximate surface area is 98.3 Å². The summed E-state index contributed by atoms with van der Waals surface area (Å²) in [5, 5.41) is 9.62. The Morgan fingerprint density at radius 1 is 1.35 bits per heavy atom. The molecule has 4 heteroatoms. The number of aromatic nitrogens is 1. The third kappa shape index (κ3) is 2.20. The standard InChI is InChI=1S/C13H13NO3/c1-8(13(16)17)6-12(15)10-7-14-11-5-3-2-4-9(10)11/h2-5,7-8,14H,6H2,1H3,(H,16,17). The number of rotatable bonds is 4. The molecule has 0 aliphatic carbocycles. The fourth-order valence-electron chi connectivity index (χ4n) is 1.78. The number of carbonyl (C=O) groups is 2. The SMILES string of the molecule is CC(CC(=O)c1c[nH]c2ccccc12)C(=O)O. The molecule has 1 heterocycles. The second kappa shape index (κ2) is 4.41. The van der Waals surface area contributed by atoms with Gasteiger partial charge in [-0.3, -0.25) is 9.59 Å². The molecule has 0 radical (unpaired) electrons. The number of benzene rings is 1. The molecule has 0 spiro atoms. The zero-order chi connectivity index (χ0) is 12.4. The van der Waals surface area contributed by atoms with Gasteiger partial charge in [0.05, 0.1) is 5.92 Å². The van der Waals surface area contributed by atoms with Crippen molar-refractivity contribution in [2.24, 2.45) is 5.92 Å². The van der Waals surface area contributed by atoms with Gasteiger partial charge in [-0.1, -0.05) is 25.1 Å². The quantitative estimate of drug-likeness (QED) is 0.794. The summed E-state index contributed by atoms with van der Waals surface area (Å²) in [7, 11) is 0. The fraction of sp³-hybridized carbons (Fsp3) is 0.231. The molecule has 2 aromatic rings. The van der Waals surface area contributed by atoms with Gasteiger partial charge in [0, 0.05) is 29.1 Å². The number of ketones is 1. The van der Waals surface area contributed by atoms with Crippen LogP contribution in [0.5, 0.6) is 0 Å². The first-order valence-electron chi connectivity index (χ1n) is 5.41. The van der Waals surface area contributed by atoms with Crippen LogP contribution >= 0.6 is 0 Å². The topological polar surface area (TPSA) is 70.2 Å². The van der Waals surface area contributed by atoms with Gasteiger partial charge in [-0.2, -0.15) is 0 Å². The third-order valence-electron chi connectivity index (χ3n) is 2.80. The lowest BCUT2D eigenvalue weighted by molar-refractivity contribution is -0.141. The Kier molecular flexibility index (Phi) is 2.95. The van der Waals surface area contributed by atoms with E-state index >= 15 is 0 Å². The molecule has 17 heavy (non-hydrogen) atoms. The summed E-state index contributed by atoms with van der Waals surface area (Å²) in [6, 6.07) is 7.47. The summed E-state index contributed by atoms with van der Waals surface area (Å²) < 4.78 is 0. The maximum atomic E-state index is 12.0. The molecule has 1 unspecified atom stereocenters. The van der Waals surface area contributed by atoms with Crippen molar-refractivity contribution >= 4 is 22.7 Å². The highest BCUT2D eigenvalue weighted by Crippen LogP contribution is 2.20. The van der Waals surface area contributed by atoms with Crippen molar-refractivity contribution in [2.45, 2.75) is 13.3 Å². The molecule has 1 atom stereocenters. The van der Waals surface area contributed by atoms with E-state index < -0.39 is 11.9 Å². The molecule has 1 aromatic heterocycles. The minimum absolute atomic E-state index is 0.0250. The van der Waals surface area contributed by atoms with Gasteiger partial charge in [0.15, 0.2) is 5.78 Å². The number of carboxylic acids is 1. The van der Waals surface area contributed by atoms with Gasteiger partial charge in [-0.25, -0.2) is 0 Å². The highest BCUT2D eigenvalue weighted by Gasteiger charge is 2.19. The Balaban J connectivity index is 2.28. The first-order chi connectivity index (χ1) is 8.09. The number of aliphatic carboxylic acids is 1. The second-order valence-electron chi connectivity index (χ2n) is 4.11. The van der Waals surface area contributed by atoms with Gasteiger partial charge in [-0.15, -0.1) is 0 Å². The van der Waals surface area contributed by atoms with Crippen molar-refractivity contribution in [1.82, 2.24) is 4.98 Å². The van der Waals surface area contributed by atoms with E-state index in [4.69, 9.17) is 5.11 Å². The van der Waals surface area contributed by atoms with Crippen LogP contribution in [-0.4, -0.2) is 21.8 Å². The molecule has 88 valence electrons. The first-order valence-corrected chi connectivity index (χ1v) is 5.41. The van der Waals surface area contributed by atoms with Gasteiger partial charge in [0.25, 0.3) is 0 Å². The zero-order valence-electron chi connectivity index (χ0n) is 9.43. The predicted molar refractivity (Wildman–Crippen MR) is 64.0 cm³/mol. The number of carbonyl (C=O) groups excluding carboxylic acids is 1. The van der Waals surface area contributed by atoms with Crippen molar-refractivity contribution in [3.8, 4) is 0 Å². The summed E-state index contributed by atoms with van der Waals surface area (Å²) >= 11 is 0. The van der Waals surface area contributed by atoms with E-state index in [1.165, 1.54) is 6.92 Å². The van der Waals surface area contributed by atoms with Crippen molar-refractivity contribution in [2.75, 3.05) is 0 Å². The second-order valence-corrected chi connectivity index (χ2v) is 4.11. The number of H-pyrrole nitrogens is 1. The number of Topliss-reactive ketones (excluding diaryl/α,β-unsaturated/α-hetero) is 1. The Hall–Kier alpha value is -2.10.